The minimum absolute atomic E-state index is 0.149. The quantitative estimate of drug-likeness (QED) is 0.114. The van der Waals surface area contributed by atoms with Crippen LogP contribution in [0.3, 0.4) is 0 Å². The van der Waals surface area contributed by atoms with Gasteiger partial charge in [0.1, 0.15) is 5.60 Å². The number of nitrogens with one attached hydrogen (secondary N) is 1. The number of benzene rings is 4. The zero-order valence-corrected chi connectivity index (χ0v) is 28.9. The van der Waals surface area contributed by atoms with E-state index in [1.165, 1.54) is 24.3 Å². The second-order valence-corrected chi connectivity index (χ2v) is 14.3. The van der Waals surface area contributed by atoms with Gasteiger partial charge in [0, 0.05) is 12.0 Å². The van der Waals surface area contributed by atoms with Crippen molar-refractivity contribution >= 4 is 33.3 Å². The lowest BCUT2D eigenvalue weighted by Crippen LogP contribution is -2.30. The maximum Gasteiger partial charge on any atom is 0.435 e. The van der Waals surface area contributed by atoms with E-state index >= 15 is 0 Å². The number of carbonyl (C=O) groups excluding carboxylic acids is 2. The molecule has 1 aromatic heterocycles. The van der Waals surface area contributed by atoms with E-state index in [1.807, 2.05) is 11.6 Å². The standard InChI is InChI=1S/C37H34F3N5O5S/c1-24-9-11-26(12-10-24)32-23-33(37(38,39)40)43-45(32)29-18-20-30(21-19-29)51(48,49)44-34(46)22-15-25-7-5-6-8-31(25)42-41-28-16-13-27(14-17-28)35(47)50-36(2,3)4/h5-14,16-21,23H,15,22H2,1-4H3,(H,44,46). The minimum atomic E-state index is -4.70. The zero-order chi connectivity index (χ0) is 37.0. The van der Waals surface area contributed by atoms with Crippen molar-refractivity contribution in [1.29, 1.82) is 0 Å². The largest absolute Gasteiger partial charge is 0.456 e. The number of carbonyl (C=O) groups is 2. The van der Waals surface area contributed by atoms with Crippen LogP contribution < -0.4 is 4.72 Å². The van der Waals surface area contributed by atoms with E-state index in [0.29, 0.717) is 28.1 Å². The van der Waals surface area contributed by atoms with Gasteiger partial charge in [0.15, 0.2) is 5.69 Å². The Morgan fingerprint density at radius 1 is 0.863 bits per heavy atom. The van der Waals surface area contributed by atoms with Crippen molar-refractivity contribution in [3.63, 3.8) is 0 Å². The predicted molar refractivity (Wildman–Crippen MR) is 185 cm³/mol. The number of aromatic nitrogens is 2. The van der Waals surface area contributed by atoms with Crippen LogP contribution in [0.15, 0.2) is 118 Å². The Hall–Kier alpha value is -5.63. The molecule has 0 aliphatic rings. The van der Waals surface area contributed by atoms with E-state index in [2.05, 4.69) is 15.3 Å². The van der Waals surface area contributed by atoms with Crippen LogP contribution in [0.2, 0.25) is 0 Å². The summed E-state index contributed by atoms with van der Waals surface area (Å²) in [5.74, 6) is -1.23. The molecule has 0 fully saturated rings. The van der Waals surface area contributed by atoms with Gasteiger partial charge in [0.2, 0.25) is 5.91 Å². The third-order valence-electron chi connectivity index (χ3n) is 7.38. The van der Waals surface area contributed by atoms with Crippen LogP contribution >= 0.6 is 0 Å². The molecule has 1 amide bonds. The van der Waals surface area contributed by atoms with Crippen LogP contribution in [0, 0.1) is 6.92 Å². The van der Waals surface area contributed by atoms with E-state index in [4.69, 9.17) is 4.74 Å². The Balaban J connectivity index is 1.24. The fourth-order valence-electron chi connectivity index (χ4n) is 4.85. The molecule has 0 saturated heterocycles. The van der Waals surface area contributed by atoms with Gasteiger partial charge in [-0.1, -0.05) is 48.0 Å². The summed E-state index contributed by atoms with van der Waals surface area (Å²) in [4.78, 5) is 24.8. The van der Waals surface area contributed by atoms with E-state index < -0.39 is 39.4 Å². The lowest BCUT2D eigenvalue weighted by atomic mass is 10.1. The number of esters is 1. The molecule has 5 rings (SSSR count). The van der Waals surface area contributed by atoms with E-state index in [9.17, 15) is 31.2 Å². The maximum atomic E-state index is 13.6. The molecule has 5 aromatic rings. The van der Waals surface area contributed by atoms with Gasteiger partial charge in [-0.25, -0.2) is 22.6 Å². The average molecular weight is 718 g/mol. The fourth-order valence-corrected chi connectivity index (χ4v) is 5.87. The molecule has 0 unspecified atom stereocenters. The Morgan fingerprint density at radius 3 is 2.14 bits per heavy atom. The summed E-state index contributed by atoms with van der Waals surface area (Å²) in [7, 11) is -4.31. The topological polar surface area (TPSA) is 132 Å². The molecule has 0 saturated carbocycles. The second-order valence-electron chi connectivity index (χ2n) is 12.6. The van der Waals surface area contributed by atoms with Crippen molar-refractivity contribution in [2.75, 3.05) is 0 Å². The Kier molecular flexibility index (Phi) is 10.6. The molecular formula is C37H34F3N5O5S. The van der Waals surface area contributed by atoms with Crippen LogP contribution in [0.4, 0.5) is 24.5 Å². The molecule has 0 atom stereocenters. The van der Waals surface area contributed by atoms with Crippen molar-refractivity contribution < 1.29 is 35.9 Å². The summed E-state index contributed by atoms with van der Waals surface area (Å²) >= 11 is 0. The molecular weight excluding hydrogens is 683 g/mol. The van der Waals surface area contributed by atoms with Gasteiger partial charge in [-0.3, -0.25) is 4.79 Å². The highest BCUT2D eigenvalue weighted by molar-refractivity contribution is 7.90. The van der Waals surface area contributed by atoms with Gasteiger partial charge in [-0.05, 0) is 100 Å². The van der Waals surface area contributed by atoms with Gasteiger partial charge in [0.25, 0.3) is 10.0 Å². The number of amides is 1. The number of nitrogens with zero attached hydrogens (tertiary/aromatic N) is 4. The van der Waals surface area contributed by atoms with Gasteiger partial charge in [0.05, 0.1) is 33.2 Å². The maximum absolute atomic E-state index is 13.6. The molecule has 4 aromatic carbocycles. The highest BCUT2D eigenvalue weighted by atomic mass is 32.2. The summed E-state index contributed by atoms with van der Waals surface area (Å²) < 4.78 is 75.3. The lowest BCUT2D eigenvalue weighted by Gasteiger charge is -2.19. The highest BCUT2D eigenvalue weighted by Crippen LogP contribution is 2.33. The third-order valence-corrected chi connectivity index (χ3v) is 8.76. The SMILES string of the molecule is Cc1ccc(-c2cc(C(F)(F)F)nn2-c2ccc(S(=O)(=O)NC(=O)CCc3ccccc3N=Nc3ccc(C(=O)OC(C)(C)C)cc3)cc2)cc1. The van der Waals surface area contributed by atoms with Crippen molar-refractivity contribution in [3.05, 3.63) is 126 Å². The first-order valence-electron chi connectivity index (χ1n) is 15.7. The summed E-state index contributed by atoms with van der Waals surface area (Å²) in [5, 5.41) is 12.2. The average Bonchev–Trinajstić information content (AvgIpc) is 3.53. The number of sulfonamides is 1. The fraction of sp³-hybridized carbons (Fsp3) is 0.216. The first-order chi connectivity index (χ1) is 24.0. The molecule has 0 radical (unpaired) electrons. The van der Waals surface area contributed by atoms with Crippen LogP contribution in [0.5, 0.6) is 0 Å². The number of azo groups is 1. The number of hydrogen-bond donors (Lipinski definition) is 1. The molecule has 10 nitrogen and oxygen atoms in total. The highest BCUT2D eigenvalue weighted by Gasteiger charge is 2.35. The summed E-state index contributed by atoms with van der Waals surface area (Å²) in [5.41, 5.74) is 2.01. The number of ether oxygens (including phenoxy) is 1. The normalized spacial score (nSPS) is 12.2. The Morgan fingerprint density at radius 2 is 1.51 bits per heavy atom. The first kappa shape index (κ1) is 36.6. The van der Waals surface area contributed by atoms with Crippen molar-refractivity contribution in [1.82, 2.24) is 14.5 Å². The first-order valence-corrected chi connectivity index (χ1v) is 17.2. The molecule has 0 bridgehead atoms. The predicted octanol–water partition coefficient (Wildman–Crippen LogP) is 8.67. The van der Waals surface area contributed by atoms with Crippen molar-refractivity contribution in [2.24, 2.45) is 10.2 Å². The molecule has 51 heavy (non-hydrogen) atoms. The third kappa shape index (κ3) is 9.54. The summed E-state index contributed by atoms with van der Waals surface area (Å²) in [6.45, 7) is 7.19. The molecule has 0 aliphatic heterocycles. The van der Waals surface area contributed by atoms with E-state index in [1.54, 1.807) is 93.6 Å². The second kappa shape index (κ2) is 14.7. The number of alkyl halides is 3. The Labute approximate surface area is 293 Å². The van der Waals surface area contributed by atoms with Gasteiger partial charge in [-0.15, -0.1) is 0 Å². The molecule has 14 heteroatoms. The van der Waals surface area contributed by atoms with Gasteiger partial charge in [-0.2, -0.15) is 28.5 Å². The zero-order valence-electron chi connectivity index (χ0n) is 28.1. The minimum Gasteiger partial charge on any atom is -0.456 e. The molecule has 0 spiro atoms. The van der Waals surface area contributed by atoms with Crippen molar-refractivity contribution in [3.8, 4) is 16.9 Å². The monoisotopic (exact) mass is 717 g/mol. The van der Waals surface area contributed by atoms with Gasteiger partial charge >= 0.3 is 12.1 Å². The summed E-state index contributed by atoms with van der Waals surface area (Å²) in [6, 6.07) is 26.1. The van der Waals surface area contributed by atoms with E-state index in [0.717, 1.165) is 16.3 Å². The Bertz CT molecular complexity index is 2170. The number of hydrogen-bond acceptors (Lipinski definition) is 8. The van der Waals surface area contributed by atoms with Crippen LogP contribution in [-0.2, 0) is 32.2 Å². The smallest absolute Gasteiger partial charge is 0.435 e. The van der Waals surface area contributed by atoms with Crippen LogP contribution in [-0.4, -0.2) is 35.7 Å². The van der Waals surface area contributed by atoms with E-state index in [-0.39, 0.29) is 29.1 Å². The van der Waals surface area contributed by atoms with Crippen LogP contribution in [0.1, 0.15) is 54.4 Å². The lowest BCUT2D eigenvalue weighted by molar-refractivity contribution is -0.141. The van der Waals surface area contributed by atoms with Crippen LogP contribution in [0.25, 0.3) is 16.9 Å². The number of halogens is 3. The molecule has 264 valence electrons. The molecule has 1 N–H and O–H groups in total. The molecule has 0 aliphatic carbocycles. The number of aryl methyl sites for hydroxylation is 2. The van der Waals surface area contributed by atoms with Gasteiger partial charge < -0.3 is 4.74 Å². The number of rotatable bonds is 10. The molecule has 1 heterocycles. The van der Waals surface area contributed by atoms with Crippen molar-refractivity contribution in [2.45, 2.75) is 57.2 Å². The summed E-state index contributed by atoms with van der Waals surface area (Å²) in [6.07, 6.45) is -4.74.